The molecule has 0 bridgehead atoms. The van der Waals surface area contributed by atoms with E-state index in [0.29, 0.717) is 12.1 Å². The molecule has 3 aromatic rings. The molecule has 2 aromatic carbocycles. The maximum Gasteiger partial charge on any atom is 0.348 e. The summed E-state index contributed by atoms with van der Waals surface area (Å²) in [6.07, 6.45) is 4.29. The van der Waals surface area contributed by atoms with E-state index in [9.17, 15) is 9.90 Å². The highest BCUT2D eigenvalue weighted by Crippen LogP contribution is 2.23. The predicted octanol–water partition coefficient (Wildman–Crippen LogP) is 4.60. The summed E-state index contributed by atoms with van der Waals surface area (Å²) < 4.78 is 0. The lowest BCUT2D eigenvalue weighted by Gasteiger charge is -1.95. The van der Waals surface area contributed by atoms with Gasteiger partial charge in [-0.15, -0.1) is 11.3 Å². The standard InChI is InChI=1S/C19H15NO2S/c21-19(22)18-16(12-11-14-7-3-1-4-8-14)20-17(23-18)13-15-9-5-2-6-10-15/h1-12H,13H2,(H,21,22)/b12-11+. The minimum atomic E-state index is -0.936. The number of hydrogen-bond acceptors (Lipinski definition) is 3. The van der Waals surface area contributed by atoms with E-state index in [1.165, 1.54) is 11.3 Å². The third kappa shape index (κ3) is 3.93. The molecule has 1 aromatic heterocycles. The second-order valence-corrected chi connectivity index (χ2v) is 6.12. The summed E-state index contributed by atoms with van der Waals surface area (Å²) in [7, 11) is 0. The number of carboxylic acids is 1. The quantitative estimate of drug-likeness (QED) is 0.747. The summed E-state index contributed by atoms with van der Waals surface area (Å²) in [5.41, 5.74) is 2.65. The predicted molar refractivity (Wildman–Crippen MR) is 93.7 cm³/mol. The van der Waals surface area contributed by atoms with Gasteiger partial charge in [0.05, 0.1) is 10.7 Å². The fourth-order valence-corrected chi connectivity index (χ4v) is 3.15. The highest BCUT2D eigenvalue weighted by molar-refractivity contribution is 7.13. The lowest BCUT2D eigenvalue weighted by molar-refractivity contribution is 0.0701. The van der Waals surface area contributed by atoms with Crippen molar-refractivity contribution in [3.63, 3.8) is 0 Å². The first-order chi connectivity index (χ1) is 11.2. The Morgan fingerprint density at radius 2 is 1.65 bits per heavy atom. The average molecular weight is 321 g/mol. The monoisotopic (exact) mass is 321 g/mol. The van der Waals surface area contributed by atoms with E-state index < -0.39 is 5.97 Å². The van der Waals surface area contributed by atoms with Crippen molar-refractivity contribution in [2.75, 3.05) is 0 Å². The number of nitrogens with zero attached hydrogens (tertiary/aromatic N) is 1. The Hall–Kier alpha value is -2.72. The molecular formula is C19H15NO2S. The van der Waals surface area contributed by atoms with E-state index in [0.717, 1.165) is 16.1 Å². The SMILES string of the molecule is O=C(O)c1sc(Cc2ccccc2)nc1/C=C/c1ccccc1. The lowest BCUT2D eigenvalue weighted by Crippen LogP contribution is -1.94. The molecule has 3 rings (SSSR count). The van der Waals surface area contributed by atoms with Crippen molar-refractivity contribution in [1.82, 2.24) is 4.98 Å². The molecule has 1 heterocycles. The van der Waals surface area contributed by atoms with Gasteiger partial charge in [0, 0.05) is 6.42 Å². The molecule has 0 unspecified atom stereocenters. The molecule has 0 spiro atoms. The van der Waals surface area contributed by atoms with Crippen LogP contribution in [-0.2, 0) is 6.42 Å². The average Bonchev–Trinajstić information content (AvgIpc) is 2.98. The molecule has 0 fully saturated rings. The van der Waals surface area contributed by atoms with Crippen LogP contribution in [0.3, 0.4) is 0 Å². The lowest BCUT2D eigenvalue weighted by atomic mass is 10.1. The van der Waals surface area contributed by atoms with Crippen LogP contribution in [0.4, 0.5) is 0 Å². The van der Waals surface area contributed by atoms with E-state index in [1.54, 1.807) is 6.08 Å². The highest BCUT2D eigenvalue weighted by Gasteiger charge is 2.15. The van der Waals surface area contributed by atoms with Crippen molar-refractivity contribution < 1.29 is 9.90 Å². The Labute approximate surface area is 138 Å². The number of aromatic carboxylic acids is 1. The van der Waals surface area contributed by atoms with Gasteiger partial charge in [-0.25, -0.2) is 9.78 Å². The molecule has 0 aliphatic carbocycles. The Balaban J connectivity index is 1.87. The normalized spacial score (nSPS) is 11.0. The summed E-state index contributed by atoms with van der Waals surface area (Å²) in [4.78, 5) is 16.2. The van der Waals surface area contributed by atoms with Gasteiger partial charge in [-0.05, 0) is 17.2 Å². The molecule has 0 saturated carbocycles. The van der Waals surface area contributed by atoms with E-state index in [2.05, 4.69) is 4.98 Å². The van der Waals surface area contributed by atoms with E-state index in [-0.39, 0.29) is 4.88 Å². The second kappa shape index (κ2) is 7.03. The van der Waals surface area contributed by atoms with Crippen molar-refractivity contribution in [3.8, 4) is 0 Å². The maximum atomic E-state index is 11.4. The molecule has 0 amide bonds. The zero-order chi connectivity index (χ0) is 16.1. The van der Waals surface area contributed by atoms with Gasteiger partial charge in [0.2, 0.25) is 0 Å². The van der Waals surface area contributed by atoms with Crippen molar-refractivity contribution in [3.05, 3.63) is 87.4 Å². The number of hydrogen-bond donors (Lipinski definition) is 1. The van der Waals surface area contributed by atoms with Crippen LogP contribution in [0.5, 0.6) is 0 Å². The molecule has 0 aliphatic rings. The van der Waals surface area contributed by atoms with Crippen molar-refractivity contribution in [2.24, 2.45) is 0 Å². The molecule has 0 aliphatic heterocycles. The first-order valence-electron chi connectivity index (χ1n) is 7.22. The van der Waals surface area contributed by atoms with Crippen molar-refractivity contribution in [1.29, 1.82) is 0 Å². The highest BCUT2D eigenvalue weighted by atomic mass is 32.1. The first-order valence-corrected chi connectivity index (χ1v) is 8.04. The summed E-state index contributed by atoms with van der Waals surface area (Å²) in [5.74, 6) is -0.936. The summed E-state index contributed by atoms with van der Waals surface area (Å²) >= 11 is 1.24. The van der Waals surface area contributed by atoms with E-state index in [1.807, 2.05) is 66.7 Å². The van der Waals surface area contributed by atoms with Gasteiger partial charge in [-0.2, -0.15) is 0 Å². The Morgan fingerprint density at radius 1 is 1.00 bits per heavy atom. The van der Waals surface area contributed by atoms with Gasteiger partial charge in [-0.1, -0.05) is 66.7 Å². The minimum absolute atomic E-state index is 0.281. The Bertz CT molecular complexity index is 823. The summed E-state index contributed by atoms with van der Waals surface area (Å²) in [5, 5.41) is 10.2. The largest absolute Gasteiger partial charge is 0.477 e. The summed E-state index contributed by atoms with van der Waals surface area (Å²) in [6, 6.07) is 19.7. The third-order valence-electron chi connectivity index (χ3n) is 3.32. The van der Waals surface area contributed by atoms with E-state index >= 15 is 0 Å². The van der Waals surface area contributed by atoms with Crippen molar-refractivity contribution >= 4 is 29.5 Å². The summed E-state index contributed by atoms with van der Waals surface area (Å²) in [6.45, 7) is 0. The molecule has 1 N–H and O–H groups in total. The Morgan fingerprint density at radius 3 is 2.30 bits per heavy atom. The van der Waals surface area contributed by atoms with Crippen LogP contribution in [0.25, 0.3) is 12.2 Å². The van der Waals surface area contributed by atoms with Crippen LogP contribution in [0.15, 0.2) is 60.7 Å². The van der Waals surface area contributed by atoms with Crippen LogP contribution in [-0.4, -0.2) is 16.1 Å². The molecule has 114 valence electrons. The number of thiazole rings is 1. The molecule has 3 nitrogen and oxygen atoms in total. The van der Waals surface area contributed by atoms with Gasteiger partial charge < -0.3 is 5.11 Å². The fourth-order valence-electron chi connectivity index (χ4n) is 2.23. The van der Waals surface area contributed by atoms with Gasteiger partial charge >= 0.3 is 5.97 Å². The molecule has 4 heteroatoms. The second-order valence-electron chi connectivity index (χ2n) is 5.03. The zero-order valence-corrected chi connectivity index (χ0v) is 13.2. The third-order valence-corrected chi connectivity index (χ3v) is 4.38. The van der Waals surface area contributed by atoms with Crippen LogP contribution < -0.4 is 0 Å². The molecule has 0 atom stereocenters. The van der Waals surface area contributed by atoms with Gasteiger partial charge in [0.1, 0.15) is 4.88 Å². The number of aromatic nitrogens is 1. The molecule has 0 radical (unpaired) electrons. The number of carbonyl (C=O) groups is 1. The zero-order valence-electron chi connectivity index (χ0n) is 12.3. The van der Waals surface area contributed by atoms with Crippen molar-refractivity contribution in [2.45, 2.75) is 6.42 Å². The molecular weight excluding hydrogens is 306 g/mol. The molecule has 0 saturated heterocycles. The van der Waals surface area contributed by atoms with Crippen LogP contribution in [0, 0.1) is 0 Å². The smallest absolute Gasteiger partial charge is 0.348 e. The Kier molecular flexibility index (Phi) is 4.64. The van der Waals surface area contributed by atoms with Gasteiger partial charge in [-0.3, -0.25) is 0 Å². The van der Waals surface area contributed by atoms with E-state index in [4.69, 9.17) is 0 Å². The van der Waals surface area contributed by atoms with Crippen LogP contribution >= 0.6 is 11.3 Å². The number of benzene rings is 2. The first kappa shape index (κ1) is 15.2. The van der Waals surface area contributed by atoms with Crippen LogP contribution in [0.1, 0.15) is 31.5 Å². The number of carboxylic acid groups (broad SMARTS) is 1. The van der Waals surface area contributed by atoms with Gasteiger partial charge in [0.25, 0.3) is 0 Å². The topological polar surface area (TPSA) is 50.2 Å². The minimum Gasteiger partial charge on any atom is -0.477 e. The van der Waals surface area contributed by atoms with Crippen LogP contribution in [0.2, 0.25) is 0 Å². The van der Waals surface area contributed by atoms with Gasteiger partial charge in [0.15, 0.2) is 0 Å². The maximum absolute atomic E-state index is 11.4. The fraction of sp³-hybridized carbons (Fsp3) is 0.0526. The number of rotatable bonds is 5. The molecule has 23 heavy (non-hydrogen) atoms.